The van der Waals surface area contributed by atoms with E-state index in [1.54, 1.807) is 0 Å². The summed E-state index contributed by atoms with van der Waals surface area (Å²) in [6.07, 6.45) is 1.03. The second-order valence-corrected chi connectivity index (χ2v) is 5.12. The van der Waals surface area contributed by atoms with E-state index < -0.39 is 0 Å². The smallest absolute Gasteiger partial charge is 0.219 e. The highest BCUT2D eigenvalue weighted by Crippen LogP contribution is 2.19. The van der Waals surface area contributed by atoms with E-state index in [2.05, 4.69) is 36.1 Å². The topological polar surface area (TPSA) is 56.3 Å². The van der Waals surface area contributed by atoms with Crippen molar-refractivity contribution in [1.82, 2.24) is 9.97 Å². The summed E-state index contributed by atoms with van der Waals surface area (Å²) >= 11 is 0. The summed E-state index contributed by atoms with van der Waals surface area (Å²) in [4.78, 5) is 8.97. The Morgan fingerprint density at radius 1 is 1.20 bits per heavy atom. The van der Waals surface area contributed by atoms with Crippen molar-refractivity contribution in [3.8, 4) is 5.88 Å². The molecular weight excluding hydrogens is 254 g/mol. The summed E-state index contributed by atoms with van der Waals surface area (Å²) in [5, 5.41) is 3.28. The molecular formula is C15H27N3O2. The van der Waals surface area contributed by atoms with E-state index >= 15 is 0 Å². The zero-order valence-corrected chi connectivity index (χ0v) is 13.3. The van der Waals surface area contributed by atoms with Gasteiger partial charge in [0, 0.05) is 25.1 Å². The molecule has 1 atom stereocenters. The number of nitrogens with zero attached hydrogens (tertiary/aromatic N) is 2. The fourth-order valence-electron chi connectivity index (χ4n) is 1.63. The maximum Gasteiger partial charge on any atom is 0.219 e. The number of hydrogen-bond donors (Lipinski definition) is 1. The van der Waals surface area contributed by atoms with Crippen LogP contribution in [0.1, 0.15) is 52.8 Å². The van der Waals surface area contributed by atoms with Gasteiger partial charge in [-0.25, -0.2) is 4.98 Å². The van der Waals surface area contributed by atoms with Gasteiger partial charge < -0.3 is 14.8 Å². The number of rotatable bonds is 9. The van der Waals surface area contributed by atoms with Crippen molar-refractivity contribution in [1.29, 1.82) is 0 Å². The molecule has 1 heterocycles. The Bertz CT molecular complexity index is 397. The maximum absolute atomic E-state index is 5.81. The molecule has 5 nitrogen and oxygen atoms in total. The monoisotopic (exact) mass is 281 g/mol. The highest BCUT2D eigenvalue weighted by atomic mass is 16.5. The first-order valence-corrected chi connectivity index (χ1v) is 7.44. The van der Waals surface area contributed by atoms with E-state index in [9.17, 15) is 0 Å². The van der Waals surface area contributed by atoms with Crippen molar-refractivity contribution < 1.29 is 9.47 Å². The highest BCUT2D eigenvalue weighted by Gasteiger charge is 2.11. The predicted octanol–water partition coefficient (Wildman–Crippen LogP) is 3.23. The first-order valence-electron chi connectivity index (χ1n) is 7.44. The van der Waals surface area contributed by atoms with Crippen LogP contribution in [-0.2, 0) is 4.74 Å². The summed E-state index contributed by atoms with van der Waals surface area (Å²) in [5.74, 6) is 2.49. The van der Waals surface area contributed by atoms with Crippen LogP contribution in [-0.4, -0.2) is 35.8 Å². The number of anilines is 1. The number of aromatic nitrogens is 2. The van der Waals surface area contributed by atoms with Crippen molar-refractivity contribution in [2.24, 2.45) is 0 Å². The number of ether oxygens (including phenoxy) is 2. The van der Waals surface area contributed by atoms with Crippen LogP contribution in [0.3, 0.4) is 0 Å². The van der Waals surface area contributed by atoms with Crippen molar-refractivity contribution in [2.75, 3.05) is 25.1 Å². The summed E-state index contributed by atoms with van der Waals surface area (Å²) in [7, 11) is 0. The van der Waals surface area contributed by atoms with E-state index in [1.807, 2.05) is 19.9 Å². The summed E-state index contributed by atoms with van der Waals surface area (Å²) in [5.41, 5.74) is 0. The van der Waals surface area contributed by atoms with Crippen LogP contribution in [0, 0.1) is 0 Å². The van der Waals surface area contributed by atoms with E-state index in [4.69, 9.17) is 9.47 Å². The Labute approximate surface area is 122 Å². The average Bonchev–Trinajstić information content (AvgIpc) is 2.42. The van der Waals surface area contributed by atoms with Crippen LogP contribution in [0.5, 0.6) is 5.88 Å². The standard InChI is InChI=1S/C15H27N3O2/c1-6-8-16-13-9-14(18-15(17-13)11(3)4)20-12(5)10-19-7-2/h9,11-12H,6-8,10H2,1-5H3,(H,16,17,18). The molecule has 0 aromatic carbocycles. The normalized spacial score (nSPS) is 12.5. The second-order valence-electron chi connectivity index (χ2n) is 5.12. The lowest BCUT2D eigenvalue weighted by atomic mass is 10.2. The molecule has 1 aromatic rings. The number of hydrogen-bond acceptors (Lipinski definition) is 5. The first kappa shape index (κ1) is 16.7. The van der Waals surface area contributed by atoms with Crippen LogP contribution >= 0.6 is 0 Å². The molecule has 0 aliphatic heterocycles. The zero-order valence-electron chi connectivity index (χ0n) is 13.3. The van der Waals surface area contributed by atoms with Crippen molar-refractivity contribution in [2.45, 2.75) is 53.1 Å². The highest BCUT2D eigenvalue weighted by molar-refractivity contribution is 5.38. The van der Waals surface area contributed by atoms with Crippen LogP contribution in [0.2, 0.25) is 0 Å². The van der Waals surface area contributed by atoms with Gasteiger partial charge in [-0.15, -0.1) is 0 Å². The molecule has 0 spiro atoms. The van der Waals surface area contributed by atoms with Crippen LogP contribution in [0.25, 0.3) is 0 Å². The largest absolute Gasteiger partial charge is 0.472 e. The Kier molecular flexibility index (Phi) is 7.30. The van der Waals surface area contributed by atoms with E-state index in [0.717, 1.165) is 24.6 Å². The van der Waals surface area contributed by atoms with Gasteiger partial charge >= 0.3 is 0 Å². The first-order chi connectivity index (χ1) is 9.56. The average molecular weight is 281 g/mol. The fourth-order valence-corrected chi connectivity index (χ4v) is 1.63. The number of nitrogens with one attached hydrogen (secondary N) is 1. The minimum Gasteiger partial charge on any atom is -0.472 e. The van der Waals surface area contributed by atoms with Crippen molar-refractivity contribution >= 4 is 5.82 Å². The Balaban J connectivity index is 2.79. The fraction of sp³-hybridized carbons (Fsp3) is 0.733. The molecule has 20 heavy (non-hydrogen) atoms. The van der Waals surface area contributed by atoms with Crippen LogP contribution < -0.4 is 10.1 Å². The lowest BCUT2D eigenvalue weighted by Crippen LogP contribution is -2.20. The summed E-state index contributed by atoms with van der Waals surface area (Å²) < 4.78 is 11.2. The summed E-state index contributed by atoms with van der Waals surface area (Å²) in [6, 6.07) is 1.85. The van der Waals surface area contributed by atoms with Crippen LogP contribution in [0.4, 0.5) is 5.82 Å². The van der Waals surface area contributed by atoms with E-state index in [0.29, 0.717) is 19.1 Å². The molecule has 0 saturated carbocycles. The third kappa shape index (κ3) is 5.74. The SMILES string of the molecule is CCCNc1cc(OC(C)COCC)nc(C(C)C)n1. The van der Waals surface area contributed by atoms with Gasteiger partial charge in [-0.3, -0.25) is 0 Å². The van der Waals surface area contributed by atoms with Gasteiger partial charge in [0.15, 0.2) is 0 Å². The molecule has 0 aliphatic carbocycles. The van der Waals surface area contributed by atoms with E-state index in [-0.39, 0.29) is 12.0 Å². The lowest BCUT2D eigenvalue weighted by Gasteiger charge is -2.16. The maximum atomic E-state index is 5.81. The molecule has 1 aromatic heterocycles. The lowest BCUT2D eigenvalue weighted by molar-refractivity contribution is 0.0631. The molecule has 0 fully saturated rings. The van der Waals surface area contributed by atoms with Crippen molar-refractivity contribution in [3.05, 3.63) is 11.9 Å². The predicted molar refractivity (Wildman–Crippen MR) is 81.5 cm³/mol. The third-order valence-corrected chi connectivity index (χ3v) is 2.67. The van der Waals surface area contributed by atoms with Gasteiger partial charge in [0.25, 0.3) is 0 Å². The summed E-state index contributed by atoms with van der Waals surface area (Å²) in [6.45, 7) is 12.4. The third-order valence-electron chi connectivity index (χ3n) is 2.67. The van der Waals surface area contributed by atoms with Gasteiger partial charge in [-0.1, -0.05) is 20.8 Å². The minimum atomic E-state index is -0.0242. The zero-order chi connectivity index (χ0) is 15.0. The van der Waals surface area contributed by atoms with Gasteiger partial charge in [0.1, 0.15) is 17.7 Å². The molecule has 0 radical (unpaired) electrons. The molecule has 1 N–H and O–H groups in total. The molecule has 1 rings (SSSR count). The Morgan fingerprint density at radius 3 is 2.55 bits per heavy atom. The van der Waals surface area contributed by atoms with Crippen molar-refractivity contribution in [3.63, 3.8) is 0 Å². The molecule has 5 heteroatoms. The van der Waals surface area contributed by atoms with Crippen LogP contribution in [0.15, 0.2) is 6.07 Å². The molecule has 0 aliphatic rings. The van der Waals surface area contributed by atoms with Gasteiger partial charge in [-0.2, -0.15) is 4.98 Å². The Hall–Kier alpha value is -1.36. The molecule has 114 valence electrons. The molecule has 0 bridgehead atoms. The molecule has 0 amide bonds. The molecule has 0 saturated heterocycles. The quantitative estimate of drug-likeness (QED) is 0.753. The second kappa shape index (κ2) is 8.74. The Morgan fingerprint density at radius 2 is 1.95 bits per heavy atom. The van der Waals surface area contributed by atoms with Gasteiger partial charge in [0.2, 0.25) is 5.88 Å². The van der Waals surface area contributed by atoms with Gasteiger partial charge in [-0.05, 0) is 20.3 Å². The van der Waals surface area contributed by atoms with E-state index in [1.165, 1.54) is 0 Å². The molecule has 1 unspecified atom stereocenters. The van der Waals surface area contributed by atoms with Gasteiger partial charge in [0.05, 0.1) is 6.61 Å². The minimum absolute atomic E-state index is 0.0242.